The third-order valence-corrected chi connectivity index (χ3v) is 3.51. The summed E-state index contributed by atoms with van der Waals surface area (Å²) in [4.78, 5) is 4.17. The predicted molar refractivity (Wildman–Crippen MR) is 83.1 cm³/mol. The second-order valence-electron chi connectivity index (χ2n) is 5.35. The fraction of sp³-hybridized carbons (Fsp3) is 0.312. The van der Waals surface area contributed by atoms with Gasteiger partial charge < -0.3 is 5.73 Å². The summed E-state index contributed by atoms with van der Waals surface area (Å²) in [6.07, 6.45) is 2.51. The van der Waals surface area contributed by atoms with Crippen molar-refractivity contribution in [3.05, 3.63) is 58.3 Å². The molecule has 0 aliphatic rings. The van der Waals surface area contributed by atoms with Gasteiger partial charge in [0.25, 0.3) is 0 Å². The van der Waals surface area contributed by atoms with Crippen molar-refractivity contribution in [2.45, 2.75) is 33.2 Å². The molecule has 0 bridgehead atoms. The molecule has 2 rings (SSSR count). The molecular formula is C16H22N4. The van der Waals surface area contributed by atoms with Gasteiger partial charge in [0, 0.05) is 11.8 Å². The molecule has 1 unspecified atom stereocenters. The van der Waals surface area contributed by atoms with Gasteiger partial charge in [0.05, 0.1) is 6.04 Å². The van der Waals surface area contributed by atoms with Gasteiger partial charge in [-0.2, -0.15) is 0 Å². The van der Waals surface area contributed by atoms with Gasteiger partial charge in [-0.05, 0) is 44.4 Å². The topological polar surface area (TPSA) is 77.0 Å². The Kier molecular flexibility index (Phi) is 4.37. The number of aryl methyl sites for hydroxylation is 3. The Morgan fingerprint density at radius 2 is 1.80 bits per heavy atom. The largest absolute Gasteiger partial charge is 0.383 e. The van der Waals surface area contributed by atoms with Crippen molar-refractivity contribution in [2.24, 2.45) is 5.84 Å². The SMILES string of the molecule is Cc1cc(C)cc(CC(NN)c2c(C)ccnc2N)c1. The first-order valence-corrected chi connectivity index (χ1v) is 6.75. The third kappa shape index (κ3) is 3.15. The molecule has 0 saturated carbocycles. The van der Waals surface area contributed by atoms with Crippen LogP contribution in [0.2, 0.25) is 0 Å². The summed E-state index contributed by atoms with van der Waals surface area (Å²) < 4.78 is 0. The lowest BCUT2D eigenvalue weighted by Crippen LogP contribution is -2.31. The van der Waals surface area contributed by atoms with E-state index >= 15 is 0 Å². The Bertz CT molecular complexity index is 567. The number of rotatable bonds is 4. The predicted octanol–water partition coefficient (Wildman–Crippen LogP) is 2.34. The summed E-state index contributed by atoms with van der Waals surface area (Å²) in [7, 11) is 0. The van der Waals surface area contributed by atoms with Crippen LogP contribution in [0.1, 0.15) is 33.9 Å². The maximum atomic E-state index is 6.00. The van der Waals surface area contributed by atoms with Crippen molar-refractivity contribution >= 4 is 5.82 Å². The summed E-state index contributed by atoms with van der Waals surface area (Å²) in [5, 5.41) is 0. The quantitative estimate of drug-likeness (QED) is 0.588. The van der Waals surface area contributed by atoms with Crippen LogP contribution in [-0.4, -0.2) is 4.98 Å². The van der Waals surface area contributed by atoms with Crippen molar-refractivity contribution < 1.29 is 0 Å². The van der Waals surface area contributed by atoms with Gasteiger partial charge in [0.15, 0.2) is 0 Å². The van der Waals surface area contributed by atoms with E-state index in [1.165, 1.54) is 16.7 Å². The molecule has 0 radical (unpaired) electrons. The lowest BCUT2D eigenvalue weighted by Gasteiger charge is -2.20. The highest BCUT2D eigenvalue weighted by molar-refractivity contribution is 5.46. The highest BCUT2D eigenvalue weighted by atomic mass is 15.2. The van der Waals surface area contributed by atoms with Crippen molar-refractivity contribution in [3.63, 3.8) is 0 Å². The van der Waals surface area contributed by atoms with Crippen LogP contribution in [0, 0.1) is 20.8 Å². The van der Waals surface area contributed by atoms with Crippen LogP contribution in [0.3, 0.4) is 0 Å². The Balaban J connectivity index is 2.34. The fourth-order valence-corrected chi connectivity index (χ4v) is 2.71. The molecule has 0 spiro atoms. The van der Waals surface area contributed by atoms with Crippen LogP contribution in [0.4, 0.5) is 5.82 Å². The Morgan fingerprint density at radius 1 is 1.15 bits per heavy atom. The molecule has 1 heterocycles. The molecule has 1 atom stereocenters. The van der Waals surface area contributed by atoms with Crippen molar-refractivity contribution in [1.82, 2.24) is 10.4 Å². The number of pyridine rings is 1. The zero-order valence-electron chi connectivity index (χ0n) is 12.3. The maximum Gasteiger partial charge on any atom is 0.128 e. The van der Waals surface area contributed by atoms with E-state index in [4.69, 9.17) is 11.6 Å². The van der Waals surface area contributed by atoms with E-state index in [1.807, 2.05) is 13.0 Å². The Morgan fingerprint density at radius 3 is 2.35 bits per heavy atom. The first-order valence-electron chi connectivity index (χ1n) is 6.75. The summed E-state index contributed by atoms with van der Waals surface area (Å²) in [5.41, 5.74) is 14.7. The van der Waals surface area contributed by atoms with Crippen LogP contribution >= 0.6 is 0 Å². The minimum Gasteiger partial charge on any atom is -0.383 e. The Labute approximate surface area is 120 Å². The van der Waals surface area contributed by atoms with E-state index in [2.05, 4.69) is 42.5 Å². The number of nitrogens with zero attached hydrogens (tertiary/aromatic N) is 1. The average molecular weight is 270 g/mol. The van der Waals surface area contributed by atoms with E-state index in [9.17, 15) is 0 Å². The van der Waals surface area contributed by atoms with Crippen LogP contribution in [0.5, 0.6) is 0 Å². The number of hydrogen-bond acceptors (Lipinski definition) is 4. The lowest BCUT2D eigenvalue weighted by molar-refractivity contribution is 0.549. The van der Waals surface area contributed by atoms with Gasteiger partial charge in [0.2, 0.25) is 0 Å². The van der Waals surface area contributed by atoms with Gasteiger partial charge in [-0.1, -0.05) is 29.3 Å². The van der Waals surface area contributed by atoms with Crippen LogP contribution in [-0.2, 0) is 6.42 Å². The second-order valence-corrected chi connectivity index (χ2v) is 5.35. The third-order valence-electron chi connectivity index (χ3n) is 3.51. The summed E-state index contributed by atoms with van der Waals surface area (Å²) in [6.45, 7) is 6.23. The molecular weight excluding hydrogens is 248 g/mol. The molecule has 0 saturated heterocycles. The minimum atomic E-state index is -0.0371. The smallest absolute Gasteiger partial charge is 0.128 e. The minimum absolute atomic E-state index is 0.0371. The van der Waals surface area contributed by atoms with E-state index in [0.717, 1.165) is 17.5 Å². The molecule has 20 heavy (non-hydrogen) atoms. The van der Waals surface area contributed by atoms with Crippen molar-refractivity contribution in [3.8, 4) is 0 Å². The molecule has 0 aliphatic heterocycles. The van der Waals surface area contributed by atoms with Gasteiger partial charge in [-0.15, -0.1) is 0 Å². The highest BCUT2D eigenvalue weighted by Gasteiger charge is 2.17. The molecule has 106 valence electrons. The fourth-order valence-electron chi connectivity index (χ4n) is 2.71. The molecule has 5 N–H and O–H groups in total. The average Bonchev–Trinajstić information content (AvgIpc) is 2.36. The first kappa shape index (κ1) is 14.5. The molecule has 1 aromatic carbocycles. The number of benzene rings is 1. The molecule has 0 amide bonds. The lowest BCUT2D eigenvalue weighted by atomic mass is 9.95. The monoisotopic (exact) mass is 270 g/mol. The number of nitrogens with two attached hydrogens (primary N) is 2. The maximum absolute atomic E-state index is 6.00. The van der Waals surface area contributed by atoms with Crippen LogP contribution in [0.15, 0.2) is 30.5 Å². The molecule has 0 aliphatic carbocycles. The van der Waals surface area contributed by atoms with Crippen LogP contribution < -0.4 is 17.0 Å². The second kappa shape index (κ2) is 6.03. The standard InChI is InChI=1S/C16H22N4/c1-10-6-11(2)8-13(7-10)9-14(20-18)15-12(3)4-5-19-16(15)17/h4-8,14,20H,9,18H2,1-3H3,(H2,17,19). The van der Waals surface area contributed by atoms with Gasteiger partial charge in [0.1, 0.15) is 5.82 Å². The zero-order chi connectivity index (χ0) is 14.7. The van der Waals surface area contributed by atoms with Gasteiger partial charge in [-0.3, -0.25) is 11.3 Å². The molecule has 1 aromatic heterocycles. The van der Waals surface area contributed by atoms with Crippen molar-refractivity contribution in [1.29, 1.82) is 0 Å². The van der Waals surface area contributed by atoms with E-state index in [1.54, 1.807) is 6.20 Å². The summed E-state index contributed by atoms with van der Waals surface area (Å²) >= 11 is 0. The number of aromatic nitrogens is 1. The number of hydrogen-bond donors (Lipinski definition) is 3. The van der Waals surface area contributed by atoms with Crippen LogP contribution in [0.25, 0.3) is 0 Å². The number of anilines is 1. The Hall–Kier alpha value is -1.91. The molecule has 4 nitrogen and oxygen atoms in total. The number of nitrogen functional groups attached to an aromatic ring is 1. The zero-order valence-corrected chi connectivity index (χ0v) is 12.3. The molecule has 4 heteroatoms. The highest BCUT2D eigenvalue weighted by Crippen LogP contribution is 2.25. The molecule has 0 fully saturated rings. The number of nitrogens with one attached hydrogen (secondary N) is 1. The summed E-state index contributed by atoms with van der Waals surface area (Å²) in [6, 6.07) is 8.44. The van der Waals surface area contributed by atoms with Gasteiger partial charge in [-0.25, -0.2) is 4.98 Å². The van der Waals surface area contributed by atoms with Crippen molar-refractivity contribution in [2.75, 3.05) is 5.73 Å². The first-order chi connectivity index (χ1) is 9.51. The summed E-state index contributed by atoms with van der Waals surface area (Å²) in [5.74, 6) is 6.27. The van der Waals surface area contributed by atoms with E-state index in [0.29, 0.717) is 5.82 Å². The van der Waals surface area contributed by atoms with E-state index in [-0.39, 0.29) is 6.04 Å². The normalized spacial score (nSPS) is 12.4. The van der Waals surface area contributed by atoms with Gasteiger partial charge >= 0.3 is 0 Å². The molecule has 2 aromatic rings. The van der Waals surface area contributed by atoms with E-state index < -0.39 is 0 Å². The number of hydrazine groups is 1.